The normalized spacial score (nSPS) is 11.7. The van der Waals surface area contributed by atoms with E-state index in [1.54, 1.807) is 18.2 Å². The minimum atomic E-state index is -0.133. The third-order valence-electron chi connectivity index (χ3n) is 3.18. The standard InChI is InChI=1S/C17H20N2O2/c1-3-19-17(20)14-9-10-16(15(18)11-14)21-12(2)13-7-5-4-6-8-13/h4-12H,3,18H2,1-2H3,(H,19,20). The van der Waals surface area contributed by atoms with E-state index in [2.05, 4.69) is 5.32 Å². The summed E-state index contributed by atoms with van der Waals surface area (Å²) in [5.41, 5.74) is 8.05. The van der Waals surface area contributed by atoms with Crippen molar-refractivity contribution in [1.82, 2.24) is 5.32 Å². The molecular weight excluding hydrogens is 264 g/mol. The second-order valence-electron chi connectivity index (χ2n) is 4.78. The van der Waals surface area contributed by atoms with Gasteiger partial charge in [0, 0.05) is 12.1 Å². The molecule has 0 spiro atoms. The number of carbonyl (C=O) groups is 1. The summed E-state index contributed by atoms with van der Waals surface area (Å²) >= 11 is 0. The number of benzene rings is 2. The molecule has 0 radical (unpaired) electrons. The van der Waals surface area contributed by atoms with E-state index >= 15 is 0 Å². The van der Waals surface area contributed by atoms with Crippen molar-refractivity contribution in [3.05, 3.63) is 59.7 Å². The van der Waals surface area contributed by atoms with Crippen LogP contribution in [0, 0.1) is 0 Å². The van der Waals surface area contributed by atoms with Gasteiger partial charge in [0.15, 0.2) is 0 Å². The zero-order chi connectivity index (χ0) is 15.2. The first-order chi connectivity index (χ1) is 10.1. The number of hydrogen-bond acceptors (Lipinski definition) is 3. The molecule has 0 saturated carbocycles. The van der Waals surface area contributed by atoms with E-state index in [4.69, 9.17) is 10.5 Å². The van der Waals surface area contributed by atoms with Gasteiger partial charge in [0.25, 0.3) is 5.91 Å². The molecule has 0 fully saturated rings. The molecule has 0 aliphatic carbocycles. The Balaban J connectivity index is 2.13. The lowest BCUT2D eigenvalue weighted by molar-refractivity contribution is 0.0956. The van der Waals surface area contributed by atoms with Gasteiger partial charge in [-0.1, -0.05) is 30.3 Å². The van der Waals surface area contributed by atoms with Gasteiger partial charge in [-0.3, -0.25) is 4.79 Å². The molecule has 2 rings (SSSR count). The third kappa shape index (κ3) is 3.75. The highest BCUT2D eigenvalue weighted by molar-refractivity contribution is 5.95. The molecule has 4 nitrogen and oxygen atoms in total. The predicted molar refractivity (Wildman–Crippen MR) is 84.3 cm³/mol. The predicted octanol–water partition coefficient (Wildman–Crippen LogP) is 3.16. The molecule has 2 aromatic rings. The van der Waals surface area contributed by atoms with Crippen LogP contribution < -0.4 is 15.8 Å². The highest BCUT2D eigenvalue weighted by Gasteiger charge is 2.11. The maximum absolute atomic E-state index is 11.7. The number of anilines is 1. The number of nitrogen functional groups attached to an aromatic ring is 1. The van der Waals surface area contributed by atoms with Crippen LogP contribution in [0.4, 0.5) is 5.69 Å². The first kappa shape index (κ1) is 14.9. The van der Waals surface area contributed by atoms with Crippen molar-refractivity contribution in [2.75, 3.05) is 12.3 Å². The van der Waals surface area contributed by atoms with Crippen LogP contribution in [0.5, 0.6) is 5.75 Å². The number of nitrogens with one attached hydrogen (secondary N) is 1. The third-order valence-corrected chi connectivity index (χ3v) is 3.18. The van der Waals surface area contributed by atoms with Gasteiger partial charge in [-0.05, 0) is 37.6 Å². The summed E-state index contributed by atoms with van der Waals surface area (Å²) in [6.45, 7) is 4.43. The number of rotatable bonds is 5. The Morgan fingerprint density at radius 1 is 1.24 bits per heavy atom. The summed E-state index contributed by atoms with van der Waals surface area (Å²) in [4.78, 5) is 11.7. The molecule has 1 atom stereocenters. The van der Waals surface area contributed by atoms with E-state index in [1.165, 1.54) is 0 Å². The molecule has 0 aliphatic rings. The molecule has 0 aliphatic heterocycles. The highest BCUT2D eigenvalue weighted by atomic mass is 16.5. The lowest BCUT2D eigenvalue weighted by atomic mass is 10.1. The van der Waals surface area contributed by atoms with Gasteiger partial charge in [-0.15, -0.1) is 0 Å². The Bertz CT molecular complexity index is 611. The van der Waals surface area contributed by atoms with Gasteiger partial charge in [0.2, 0.25) is 0 Å². The van der Waals surface area contributed by atoms with Crippen molar-refractivity contribution in [3.63, 3.8) is 0 Å². The van der Waals surface area contributed by atoms with E-state index in [9.17, 15) is 4.79 Å². The minimum Gasteiger partial charge on any atom is -0.484 e. The van der Waals surface area contributed by atoms with Crippen molar-refractivity contribution in [2.45, 2.75) is 20.0 Å². The van der Waals surface area contributed by atoms with Crippen molar-refractivity contribution in [3.8, 4) is 5.75 Å². The van der Waals surface area contributed by atoms with Gasteiger partial charge in [0.05, 0.1) is 5.69 Å². The molecule has 2 aromatic carbocycles. The number of amides is 1. The number of carbonyl (C=O) groups excluding carboxylic acids is 1. The Labute approximate surface area is 124 Å². The van der Waals surface area contributed by atoms with Crippen molar-refractivity contribution in [1.29, 1.82) is 0 Å². The second-order valence-corrected chi connectivity index (χ2v) is 4.78. The topological polar surface area (TPSA) is 64.3 Å². The lowest BCUT2D eigenvalue weighted by Crippen LogP contribution is -2.22. The zero-order valence-electron chi connectivity index (χ0n) is 12.3. The molecule has 0 saturated heterocycles. The van der Waals surface area contributed by atoms with E-state index in [-0.39, 0.29) is 12.0 Å². The molecular formula is C17H20N2O2. The first-order valence-electron chi connectivity index (χ1n) is 7.01. The van der Waals surface area contributed by atoms with Gasteiger partial charge in [-0.25, -0.2) is 0 Å². The number of ether oxygens (including phenoxy) is 1. The molecule has 21 heavy (non-hydrogen) atoms. The Morgan fingerprint density at radius 2 is 1.95 bits per heavy atom. The maximum Gasteiger partial charge on any atom is 0.251 e. The fourth-order valence-corrected chi connectivity index (χ4v) is 2.04. The van der Waals surface area contributed by atoms with Gasteiger partial charge in [-0.2, -0.15) is 0 Å². The summed E-state index contributed by atoms with van der Waals surface area (Å²) in [5, 5.41) is 2.74. The summed E-state index contributed by atoms with van der Waals surface area (Å²) in [7, 11) is 0. The smallest absolute Gasteiger partial charge is 0.251 e. The van der Waals surface area contributed by atoms with Crippen molar-refractivity contribution >= 4 is 11.6 Å². The van der Waals surface area contributed by atoms with Crippen molar-refractivity contribution in [2.24, 2.45) is 0 Å². The monoisotopic (exact) mass is 284 g/mol. The van der Waals surface area contributed by atoms with E-state index in [0.29, 0.717) is 23.5 Å². The maximum atomic E-state index is 11.7. The van der Waals surface area contributed by atoms with Crippen LogP contribution in [-0.2, 0) is 0 Å². The molecule has 110 valence electrons. The van der Waals surface area contributed by atoms with Crippen LogP contribution in [0.15, 0.2) is 48.5 Å². The molecule has 3 N–H and O–H groups in total. The quantitative estimate of drug-likeness (QED) is 0.829. The van der Waals surface area contributed by atoms with Crippen LogP contribution in [0.2, 0.25) is 0 Å². The Hall–Kier alpha value is -2.49. The minimum absolute atomic E-state index is 0.108. The molecule has 0 aromatic heterocycles. The molecule has 1 amide bonds. The Kier molecular flexibility index (Phi) is 4.82. The summed E-state index contributed by atoms with van der Waals surface area (Å²) < 4.78 is 5.87. The highest BCUT2D eigenvalue weighted by Crippen LogP contribution is 2.28. The molecule has 0 bridgehead atoms. The molecule has 1 unspecified atom stereocenters. The van der Waals surface area contributed by atoms with Gasteiger partial charge in [0.1, 0.15) is 11.9 Å². The van der Waals surface area contributed by atoms with Crippen LogP contribution in [-0.4, -0.2) is 12.5 Å². The summed E-state index contributed by atoms with van der Waals surface area (Å²) in [6, 6.07) is 15.0. The van der Waals surface area contributed by atoms with Crippen LogP contribution >= 0.6 is 0 Å². The Morgan fingerprint density at radius 3 is 2.57 bits per heavy atom. The summed E-state index contributed by atoms with van der Waals surface area (Å²) in [6.07, 6.45) is -0.108. The largest absolute Gasteiger partial charge is 0.484 e. The molecule has 0 heterocycles. The second kappa shape index (κ2) is 6.79. The number of nitrogens with two attached hydrogens (primary N) is 1. The fraction of sp³-hybridized carbons (Fsp3) is 0.235. The molecule has 4 heteroatoms. The van der Waals surface area contributed by atoms with Crippen LogP contribution in [0.25, 0.3) is 0 Å². The zero-order valence-corrected chi connectivity index (χ0v) is 12.3. The van der Waals surface area contributed by atoms with E-state index < -0.39 is 0 Å². The fourth-order valence-electron chi connectivity index (χ4n) is 2.04. The van der Waals surface area contributed by atoms with E-state index in [1.807, 2.05) is 44.2 Å². The first-order valence-corrected chi connectivity index (χ1v) is 7.01. The number of hydrogen-bond donors (Lipinski definition) is 2. The SMILES string of the molecule is CCNC(=O)c1ccc(OC(C)c2ccccc2)c(N)c1. The average molecular weight is 284 g/mol. The van der Waals surface area contributed by atoms with Crippen molar-refractivity contribution < 1.29 is 9.53 Å². The lowest BCUT2D eigenvalue weighted by Gasteiger charge is -2.17. The van der Waals surface area contributed by atoms with Crippen LogP contribution in [0.1, 0.15) is 35.9 Å². The van der Waals surface area contributed by atoms with Crippen LogP contribution in [0.3, 0.4) is 0 Å². The van der Waals surface area contributed by atoms with Gasteiger partial charge >= 0.3 is 0 Å². The summed E-state index contributed by atoms with van der Waals surface area (Å²) in [5.74, 6) is 0.450. The average Bonchev–Trinajstić information content (AvgIpc) is 2.50. The van der Waals surface area contributed by atoms with E-state index in [0.717, 1.165) is 5.56 Å². The van der Waals surface area contributed by atoms with Gasteiger partial charge < -0.3 is 15.8 Å².